The Labute approximate surface area is 110 Å². The van der Waals surface area contributed by atoms with Gasteiger partial charge in [0.15, 0.2) is 11.6 Å². The number of nitrogens with two attached hydrogens (primary N) is 1. The molecule has 3 N–H and O–H groups in total. The normalized spacial score (nSPS) is 10.2. The molecule has 0 aliphatic heterocycles. The smallest absolute Gasteiger partial charge is 0.337 e. The molecule has 2 rings (SSSR count). The minimum Gasteiger partial charge on any atom is -0.465 e. The lowest BCUT2D eigenvalue weighted by Crippen LogP contribution is -2.00. The van der Waals surface area contributed by atoms with Gasteiger partial charge in [0.2, 0.25) is 0 Å². The maximum Gasteiger partial charge on any atom is 0.337 e. The predicted molar refractivity (Wildman–Crippen MR) is 70.2 cm³/mol. The Morgan fingerprint density at radius 2 is 2.05 bits per heavy atom. The van der Waals surface area contributed by atoms with E-state index in [9.17, 15) is 4.79 Å². The molecule has 0 radical (unpaired) electrons. The van der Waals surface area contributed by atoms with Gasteiger partial charge in [-0.15, -0.1) is 0 Å². The van der Waals surface area contributed by atoms with Crippen LogP contribution >= 0.6 is 0 Å². The van der Waals surface area contributed by atoms with Crippen molar-refractivity contribution in [2.45, 2.75) is 13.3 Å². The van der Waals surface area contributed by atoms with E-state index in [1.807, 2.05) is 6.92 Å². The van der Waals surface area contributed by atoms with Gasteiger partial charge in [0.05, 0.1) is 18.4 Å². The summed E-state index contributed by atoms with van der Waals surface area (Å²) in [6.45, 7) is 1.97. The van der Waals surface area contributed by atoms with Gasteiger partial charge in [0.1, 0.15) is 5.75 Å². The molecule has 2 aromatic rings. The van der Waals surface area contributed by atoms with E-state index >= 15 is 0 Å². The van der Waals surface area contributed by atoms with Gasteiger partial charge in [0.25, 0.3) is 0 Å². The first-order chi connectivity index (χ1) is 9.15. The number of methoxy groups -OCH3 is 1. The molecule has 1 aromatic heterocycles. The third kappa shape index (κ3) is 2.67. The number of rotatable bonds is 4. The zero-order chi connectivity index (χ0) is 13.8. The highest BCUT2D eigenvalue weighted by Crippen LogP contribution is 2.29. The molecule has 100 valence electrons. The minimum absolute atomic E-state index is 0.314. The van der Waals surface area contributed by atoms with Gasteiger partial charge >= 0.3 is 5.97 Å². The summed E-state index contributed by atoms with van der Waals surface area (Å²) < 4.78 is 10.3. The monoisotopic (exact) mass is 261 g/mol. The molecule has 0 amide bonds. The molecular formula is C13H15N3O3. The first-order valence-corrected chi connectivity index (χ1v) is 5.84. The first-order valence-electron chi connectivity index (χ1n) is 5.84. The number of H-pyrrole nitrogens is 1. The van der Waals surface area contributed by atoms with Crippen LogP contribution in [0.4, 0.5) is 5.82 Å². The second-order valence-corrected chi connectivity index (χ2v) is 3.89. The van der Waals surface area contributed by atoms with Gasteiger partial charge in [-0.1, -0.05) is 6.92 Å². The van der Waals surface area contributed by atoms with E-state index in [1.54, 1.807) is 24.3 Å². The van der Waals surface area contributed by atoms with Gasteiger partial charge in [0, 0.05) is 0 Å². The first kappa shape index (κ1) is 12.9. The Bertz CT molecular complexity index is 575. The van der Waals surface area contributed by atoms with Crippen molar-refractivity contribution in [1.29, 1.82) is 0 Å². The van der Waals surface area contributed by atoms with Crippen LogP contribution in [-0.2, 0) is 11.2 Å². The van der Waals surface area contributed by atoms with Crippen molar-refractivity contribution in [1.82, 2.24) is 10.2 Å². The number of esters is 1. The summed E-state index contributed by atoms with van der Waals surface area (Å²) in [7, 11) is 1.34. The summed E-state index contributed by atoms with van der Waals surface area (Å²) in [6, 6.07) is 6.61. The summed E-state index contributed by atoms with van der Waals surface area (Å²) in [5, 5.41) is 6.70. The number of benzene rings is 1. The molecule has 1 aromatic carbocycles. The molecule has 0 bridgehead atoms. The summed E-state index contributed by atoms with van der Waals surface area (Å²) >= 11 is 0. The van der Waals surface area contributed by atoms with Crippen molar-refractivity contribution in [2.75, 3.05) is 12.8 Å². The van der Waals surface area contributed by atoms with E-state index in [0.29, 0.717) is 22.9 Å². The van der Waals surface area contributed by atoms with Crippen molar-refractivity contribution in [2.24, 2.45) is 0 Å². The third-order valence-corrected chi connectivity index (χ3v) is 2.67. The molecular weight excluding hydrogens is 246 g/mol. The number of aryl methyl sites for hydroxylation is 1. The largest absolute Gasteiger partial charge is 0.465 e. The van der Waals surface area contributed by atoms with Gasteiger partial charge < -0.3 is 15.2 Å². The number of aromatic amines is 1. The average molecular weight is 261 g/mol. The number of aromatic nitrogens is 2. The van der Waals surface area contributed by atoms with E-state index in [-0.39, 0.29) is 5.97 Å². The molecule has 0 fully saturated rings. The third-order valence-electron chi connectivity index (χ3n) is 2.67. The van der Waals surface area contributed by atoms with Crippen molar-refractivity contribution < 1.29 is 14.3 Å². The van der Waals surface area contributed by atoms with Crippen LogP contribution in [0.1, 0.15) is 23.0 Å². The van der Waals surface area contributed by atoms with Crippen LogP contribution < -0.4 is 10.5 Å². The number of ether oxygens (including phenoxy) is 2. The molecule has 0 saturated heterocycles. The molecule has 0 saturated carbocycles. The lowest BCUT2D eigenvalue weighted by atomic mass is 10.2. The number of nitrogens with zero attached hydrogens (tertiary/aromatic N) is 1. The molecule has 19 heavy (non-hydrogen) atoms. The molecule has 0 aliphatic carbocycles. The molecule has 0 unspecified atom stereocenters. The van der Waals surface area contributed by atoms with Crippen molar-refractivity contribution in [3.05, 3.63) is 35.5 Å². The molecule has 1 heterocycles. The number of carbonyl (C=O) groups is 1. The second kappa shape index (κ2) is 5.43. The van der Waals surface area contributed by atoms with Gasteiger partial charge in [-0.25, -0.2) is 4.79 Å². The van der Waals surface area contributed by atoms with E-state index in [1.165, 1.54) is 7.11 Å². The van der Waals surface area contributed by atoms with E-state index < -0.39 is 0 Å². The number of hydrogen-bond acceptors (Lipinski definition) is 5. The molecule has 0 atom stereocenters. The van der Waals surface area contributed by atoms with Gasteiger partial charge in [-0.05, 0) is 30.7 Å². The Morgan fingerprint density at radius 3 is 2.63 bits per heavy atom. The lowest BCUT2D eigenvalue weighted by molar-refractivity contribution is 0.0600. The van der Waals surface area contributed by atoms with E-state index in [4.69, 9.17) is 10.5 Å². The fourth-order valence-corrected chi connectivity index (χ4v) is 1.63. The zero-order valence-electron chi connectivity index (χ0n) is 10.8. The quantitative estimate of drug-likeness (QED) is 0.823. The number of hydrogen-bond donors (Lipinski definition) is 2. The maximum atomic E-state index is 11.3. The average Bonchev–Trinajstić information content (AvgIpc) is 2.79. The van der Waals surface area contributed by atoms with Crippen molar-refractivity contribution >= 4 is 11.8 Å². The summed E-state index contributed by atoms with van der Waals surface area (Å²) in [4.78, 5) is 11.3. The fraction of sp³-hybridized carbons (Fsp3) is 0.231. The standard InChI is InChI=1S/C13H15N3O3/c1-3-10-11(12(14)16-15-10)19-9-6-4-8(5-7-9)13(17)18-2/h4-7H,3H2,1-2H3,(H3,14,15,16). The van der Waals surface area contributed by atoms with Crippen LogP contribution in [0.3, 0.4) is 0 Å². The van der Waals surface area contributed by atoms with Crippen LogP contribution in [0, 0.1) is 0 Å². The number of carbonyl (C=O) groups excluding carboxylic acids is 1. The fourth-order valence-electron chi connectivity index (χ4n) is 1.63. The Morgan fingerprint density at radius 1 is 1.37 bits per heavy atom. The minimum atomic E-state index is -0.386. The van der Waals surface area contributed by atoms with Gasteiger partial charge in [-0.2, -0.15) is 5.10 Å². The van der Waals surface area contributed by atoms with Crippen molar-refractivity contribution in [3.8, 4) is 11.5 Å². The highest BCUT2D eigenvalue weighted by molar-refractivity contribution is 5.89. The zero-order valence-corrected chi connectivity index (χ0v) is 10.8. The van der Waals surface area contributed by atoms with Gasteiger partial charge in [-0.3, -0.25) is 5.10 Å². The predicted octanol–water partition coefficient (Wildman–Crippen LogP) is 2.13. The highest BCUT2D eigenvalue weighted by atomic mass is 16.5. The number of nitrogens with one attached hydrogen (secondary N) is 1. The second-order valence-electron chi connectivity index (χ2n) is 3.89. The molecule has 0 aliphatic rings. The Kier molecular flexibility index (Phi) is 3.70. The summed E-state index contributed by atoms with van der Waals surface area (Å²) in [5.74, 6) is 1.03. The SMILES string of the molecule is CCc1[nH]nc(N)c1Oc1ccc(C(=O)OC)cc1. The Hall–Kier alpha value is -2.50. The van der Waals surface area contributed by atoms with Crippen molar-refractivity contribution in [3.63, 3.8) is 0 Å². The number of anilines is 1. The lowest BCUT2D eigenvalue weighted by Gasteiger charge is -2.06. The van der Waals surface area contributed by atoms with Crippen LogP contribution in [0.2, 0.25) is 0 Å². The van der Waals surface area contributed by atoms with Crippen LogP contribution in [0.25, 0.3) is 0 Å². The van der Waals surface area contributed by atoms with E-state index in [2.05, 4.69) is 14.9 Å². The summed E-state index contributed by atoms with van der Waals surface area (Å²) in [6.07, 6.45) is 0.736. The Balaban J connectivity index is 2.19. The number of nitrogen functional groups attached to an aromatic ring is 1. The maximum absolute atomic E-state index is 11.3. The topological polar surface area (TPSA) is 90.2 Å². The van der Waals surface area contributed by atoms with Crippen LogP contribution in [0.5, 0.6) is 11.5 Å². The summed E-state index contributed by atoms with van der Waals surface area (Å²) in [5.41, 5.74) is 7.01. The van der Waals surface area contributed by atoms with Crippen LogP contribution in [0.15, 0.2) is 24.3 Å². The molecule has 0 spiro atoms. The van der Waals surface area contributed by atoms with Crippen LogP contribution in [-0.4, -0.2) is 23.3 Å². The molecule has 6 heteroatoms. The molecule has 6 nitrogen and oxygen atoms in total. The van der Waals surface area contributed by atoms with E-state index in [0.717, 1.165) is 12.1 Å². The highest BCUT2D eigenvalue weighted by Gasteiger charge is 2.12.